The molecule has 0 bridgehead atoms. The summed E-state index contributed by atoms with van der Waals surface area (Å²) in [6.45, 7) is 1.43. The Kier molecular flexibility index (Phi) is 4.35. The molecule has 23 heavy (non-hydrogen) atoms. The largest absolute Gasteiger partial charge is 0.326 e. The third-order valence-corrected chi connectivity index (χ3v) is 4.21. The molecule has 0 aliphatic heterocycles. The zero-order valence-corrected chi connectivity index (χ0v) is 13.4. The van der Waals surface area contributed by atoms with Crippen LogP contribution >= 0.6 is 11.6 Å². The highest BCUT2D eigenvalue weighted by Crippen LogP contribution is 2.48. The molecule has 2 aromatic carbocycles. The van der Waals surface area contributed by atoms with Gasteiger partial charge in [-0.1, -0.05) is 41.9 Å². The minimum absolute atomic E-state index is 0.0107. The van der Waals surface area contributed by atoms with E-state index in [1.54, 1.807) is 18.2 Å². The highest BCUT2D eigenvalue weighted by molar-refractivity contribution is 6.34. The van der Waals surface area contributed by atoms with Crippen LogP contribution in [0.15, 0.2) is 48.5 Å². The van der Waals surface area contributed by atoms with Crippen molar-refractivity contribution in [3.63, 3.8) is 0 Å². The maximum absolute atomic E-state index is 12.3. The van der Waals surface area contributed by atoms with Crippen LogP contribution in [0, 0.1) is 5.92 Å². The first-order valence-electron chi connectivity index (χ1n) is 7.47. The van der Waals surface area contributed by atoms with E-state index in [1.807, 2.05) is 30.3 Å². The van der Waals surface area contributed by atoms with Gasteiger partial charge in [0.2, 0.25) is 11.8 Å². The molecule has 0 spiro atoms. The van der Waals surface area contributed by atoms with Crippen LogP contribution < -0.4 is 10.6 Å². The maximum Gasteiger partial charge on any atom is 0.228 e. The second-order valence-corrected chi connectivity index (χ2v) is 6.13. The first-order chi connectivity index (χ1) is 11.0. The number of hydrogen-bond donors (Lipinski definition) is 2. The van der Waals surface area contributed by atoms with Crippen molar-refractivity contribution in [2.75, 3.05) is 10.6 Å². The predicted molar refractivity (Wildman–Crippen MR) is 91.7 cm³/mol. The molecule has 0 aromatic heterocycles. The van der Waals surface area contributed by atoms with E-state index in [9.17, 15) is 9.59 Å². The Hall–Kier alpha value is -2.33. The van der Waals surface area contributed by atoms with Gasteiger partial charge in [-0.3, -0.25) is 9.59 Å². The molecule has 3 rings (SSSR count). The average molecular weight is 329 g/mol. The summed E-state index contributed by atoms with van der Waals surface area (Å²) in [7, 11) is 0. The molecule has 1 fully saturated rings. The topological polar surface area (TPSA) is 58.2 Å². The van der Waals surface area contributed by atoms with E-state index in [0.29, 0.717) is 16.4 Å². The van der Waals surface area contributed by atoms with Gasteiger partial charge in [0.25, 0.3) is 0 Å². The van der Waals surface area contributed by atoms with Crippen LogP contribution in [0.2, 0.25) is 5.02 Å². The van der Waals surface area contributed by atoms with Crippen LogP contribution in [-0.4, -0.2) is 11.8 Å². The average Bonchev–Trinajstić information content (AvgIpc) is 3.31. The fourth-order valence-electron chi connectivity index (χ4n) is 2.68. The first-order valence-corrected chi connectivity index (χ1v) is 7.85. The van der Waals surface area contributed by atoms with E-state index in [1.165, 1.54) is 12.5 Å². The predicted octanol–water partition coefficient (Wildman–Crippen LogP) is 4.04. The number of amides is 2. The van der Waals surface area contributed by atoms with E-state index >= 15 is 0 Å². The molecule has 5 heteroatoms. The zero-order chi connectivity index (χ0) is 16.4. The van der Waals surface area contributed by atoms with Gasteiger partial charge in [-0.25, -0.2) is 0 Å². The van der Waals surface area contributed by atoms with Crippen LogP contribution in [0.1, 0.15) is 24.8 Å². The molecule has 1 saturated carbocycles. The fourth-order valence-corrected chi connectivity index (χ4v) is 2.90. The number of nitrogens with one attached hydrogen (secondary N) is 2. The number of halogens is 1. The summed E-state index contributed by atoms with van der Waals surface area (Å²) >= 11 is 6.17. The van der Waals surface area contributed by atoms with E-state index in [-0.39, 0.29) is 23.7 Å². The van der Waals surface area contributed by atoms with E-state index in [4.69, 9.17) is 11.6 Å². The molecule has 1 aliphatic carbocycles. The molecule has 0 unspecified atom stereocenters. The van der Waals surface area contributed by atoms with Gasteiger partial charge >= 0.3 is 0 Å². The summed E-state index contributed by atoms with van der Waals surface area (Å²) in [6.07, 6.45) is 0.859. The van der Waals surface area contributed by atoms with Gasteiger partial charge < -0.3 is 10.6 Å². The highest BCUT2D eigenvalue weighted by atomic mass is 35.5. The summed E-state index contributed by atoms with van der Waals surface area (Å²) in [5, 5.41) is 5.93. The normalized spacial score (nSPS) is 19.0. The summed E-state index contributed by atoms with van der Waals surface area (Å²) in [5.74, 6) is 0.0895. The lowest BCUT2D eigenvalue weighted by atomic mass is 10.1. The van der Waals surface area contributed by atoms with Crippen molar-refractivity contribution in [3.8, 4) is 0 Å². The monoisotopic (exact) mass is 328 g/mol. The van der Waals surface area contributed by atoms with Crippen molar-refractivity contribution in [2.24, 2.45) is 5.92 Å². The van der Waals surface area contributed by atoms with Crippen LogP contribution in [0.4, 0.5) is 11.4 Å². The number of anilines is 2. The quantitative estimate of drug-likeness (QED) is 0.889. The van der Waals surface area contributed by atoms with Gasteiger partial charge in [0.1, 0.15) is 0 Å². The Morgan fingerprint density at radius 2 is 1.83 bits per heavy atom. The standard InChI is InChI=1S/C18H17ClN2O2/c1-11(22)20-13-7-8-17(16(19)9-13)21-18(23)15-10-14(15)12-5-3-2-4-6-12/h2-9,14-15H,10H2,1H3,(H,20,22)(H,21,23)/t14-,15+/m0/s1. The molecule has 0 heterocycles. The van der Waals surface area contributed by atoms with Crippen molar-refractivity contribution < 1.29 is 9.59 Å². The Labute approximate surface area is 139 Å². The summed E-state index contributed by atoms with van der Waals surface area (Å²) in [6, 6.07) is 15.1. The van der Waals surface area contributed by atoms with Gasteiger partial charge in [-0.2, -0.15) is 0 Å². The van der Waals surface area contributed by atoms with Crippen molar-refractivity contribution >= 4 is 34.8 Å². The number of benzene rings is 2. The number of carbonyl (C=O) groups excluding carboxylic acids is 2. The van der Waals surface area contributed by atoms with Crippen LogP contribution in [0.5, 0.6) is 0 Å². The van der Waals surface area contributed by atoms with Crippen LogP contribution in [0.25, 0.3) is 0 Å². The minimum Gasteiger partial charge on any atom is -0.326 e. The van der Waals surface area contributed by atoms with E-state index in [2.05, 4.69) is 10.6 Å². The molecular formula is C18H17ClN2O2. The van der Waals surface area contributed by atoms with Crippen LogP contribution in [0.3, 0.4) is 0 Å². The van der Waals surface area contributed by atoms with Crippen molar-refractivity contribution in [1.29, 1.82) is 0 Å². The summed E-state index contributed by atoms with van der Waals surface area (Å²) < 4.78 is 0. The molecule has 2 aromatic rings. The van der Waals surface area contributed by atoms with Crippen molar-refractivity contribution in [3.05, 3.63) is 59.1 Å². The molecule has 0 radical (unpaired) electrons. The molecule has 2 amide bonds. The molecular weight excluding hydrogens is 312 g/mol. The maximum atomic E-state index is 12.3. The molecule has 1 aliphatic rings. The van der Waals surface area contributed by atoms with Gasteiger partial charge in [0.05, 0.1) is 10.7 Å². The van der Waals surface area contributed by atoms with Crippen LogP contribution in [-0.2, 0) is 9.59 Å². The Bertz CT molecular complexity index is 746. The van der Waals surface area contributed by atoms with Crippen molar-refractivity contribution in [2.45, 2.75) is 19.3 Å². The lowest BCUT2D eigenvalue weighted by molar-refractivity contribution is -0.117. The van der Waals surface area contributed by atoms with Gasteiger partial charge in [0, 0.05) is 18.5 Å². The number of rotatable bonds is 4. The minimum atomic E-state index is -0.165. The summed E-state index contributed by atoms with van der Waals surface area (Å²) in [5.41, 5.74) is 2.36. The third kappa shape index (κ3) is 3.71. The van der Waals surface area contributed by atoms with Crippen molar-refractivity contribution in [1.82, 2.24) is 0 Å². The fraction of sp³-hybridized carbons (Fsp3) is 0.222. The number of carbonyl (C=O) groups is 2. The van der Waals surface area contributed by atoms with Gasteiger partial charge in [0.15, 0.2) is 0 Å². The smallest absolute Gasteiger partial charge is 0.228 e. The Balaban J connectivity index is 1.64. The summed E-state index contributed by atoms with van der Waals surface area (Å²) in [4.78, 5) is 23.4. The molecule has 4 nitrogen and oxygen atoms in total. The molecule has 0 saturated heterocycles. The second kappa shape index (κ2) is 6.42. The third-order valence-electron chi connectivity index (χ3n) is 3.90. The van der Waals surface area contributed by atoms with Gasteiger partial charge in [-0.05, 0) is 36.1 Å². The van der Waals surface area contributed by atoms with Gasteiger partial charge in [-0.15, -0.1) is 0 Å². The highest BCUT2D eigenvalue weighted by Gasteiger charge is 2.43. The Morgan fingerprint density at radius 3 is 2.48 bits per heavy atom. The Morgan fingerprint density at radius 1 is 1.09 bits per heavy atom. The molecule has 118 valence electrons. The second-order valence-electron chi connectivity index (χ2n) is 5.72. The zero-order valence-electron chi connectivity index (χ0n) is 12.7. The molecule has 2 N–H and O–H groups in total. The molecule has 2 atom stereocenters. The van der Waals surface area contributed by atoms with E-state index < -0.39 is 0 Å². The lowest BCUT2D eigenvalue weighted by Gasteiger charge is -2.09. The lowest BCUT2D eigenvalue weighted by Crippen LogP contribution is -2.15. The SMILES string of the molecule is CC(=O)Nc1ccc(NC(=O)[C@@H]2C[C@H]2c2ccccc2)c(Cl)c1. The first kappa shape index (κ1) is 15.6. The number of hydrogen-bond acceptors (Lipinski definition) is 2. The van der Waals surface area contributed by atoms with E-state index in [0.717, 1.165) is 6.42 Å².